The van der Waals surface area contributed by atoms with Crippen molar-refractivity contribution in [1.29, 1.82) is 0 Å². The zero-order valence-corrected chi connectivity index (χ0v) is 20.7. The number of esters is 2. The number of nitrogens with zero attached hydrogens (tertiary/aromatic N) is 1. The second-order valence-corrected chi connectivity index (χ2v) is 11.7. The van der Waals surface area contributed by atoms with Crippen molar-refractivity contribution in [3.8, 4) is 0 Å². The van der Waals surface area contributed by atoms with Gasteiger partial charge in [0, 0.05) is 17.9 Å². The Balaban J connectivity index is 1.88. The van der Waals surface area contributed by atoms with E-state index in [0.717, 1.165) is 10.5 Å². The van der Waals surface area contributed by atoms with Gasteiger partial charge in [0.15, 0.2) is 21.0 Å². The van der Waals surface area contributed by atoms with Gasteiger partial charge in [-0.2, -0.15) is 0 Å². The fraction of sp³-hybridized carbons (Fsp3) is 0.500. The third-order valence-electron chi connectivity index (χ3n) is 5.76. The zero-order valence-electron chi connectivity index (χ0n) is 19.9. The number of carbonyl (C=O) groups is 4. The number of benzene rings is 1. The molecule has 2 heterocycles. The highest BCUT2D eigenvalue weighted by Gasteiger charge is 2.62. The van der Waals surface area contributed by atoms with E-state index in [9.17, 15) is 27.6 Å². The molecule has 184 valence electrons. The molecule has 34 heavy (non-hydrogen) atoms. The quantitative estimate of drug-likeness (QED) is 0.418. The van der Waals surface area contributed by atoms with Gasteiger partial charge < -0.3 is 9.47 Å². The minimum absolute atomic E-state index is 0.0204. The fourth-order valence-corrected chi connectivity index (χ4v) is 6.31. The average molecular weight is 492 g/mol. The van der Waals surface area contributed by atoms with Gasteiger partial charge in [0.2, 0.25) is 5.91 Å². The van der Waals surface area contributed by atoms with Crippen LogP contribution in [0.2, 0.25) is 0 Å². The summed E-state index contributed by atoms with van der Waals surface area (Å²) in [5.74, 6) is -3.96. The van der Waals surface area contributed by atoms with Crippen molar-refractivity contribution in [2.24, 2.45) is 11.3 Å². The Morgan fingerprint density at radius 1 is 1.15 bits per heavy atom. The van der Waals surface area contributed by atoms with Crippen LogP contribution < -0.4 is 0 Å². The molecule has 1 amide bonds. The lowest BCUT2D eigenvalue weighted by Crippen LogP contribution is -2.70. The molecule has 3 rings (SSSR count). The van der Waals surface area contributed by atoms with Crippen LogP contribution in [0, 0.1) is 11.3 Å². The first-order chi connectivity index (χ1) is 15.7. The number of fused-ring (bicyclic) bond motifs is 1. The summed E-state index contributed by atoms with van der Waals surface area (Å²) in [7, 11) is -3.94. The molecular weight excluding hydrogens is 462 g/mol. The van der Waals surface area contributed by atoms with Crippen LogP contribution in [0.5, 0.6) is 0 Å². The van der Waals surface area contributed by atoms with Crippen LogP contribution >= 0.6 is 0 Å². The van der Waals surface area contributed by atoms with E-state index < -0.39 is 68.6 Å². The van der Waals surface area contributed by atoms with Gasteiger partial charge in [0.1, 0.15) is 18.6 Å². The van der Waals surface area contributed by atoms with Crippen molar-refractivity contribution in [1.82, 2.24) is 4.90 Å². The number of hydrogen-bond donors (Lipinski definition) is 0. The first-order valence-corrected chi connectivity index (χ1v) is 12.6. The topological polar surface area (TPSA) is 124 Å². The van der Waals surface area contributed by atoms with Gasteiger partial charge >= 0.3 is 11.9 Å². The SMILES string of the molecule is CC(=O)OCC1=C(C(=O)C(C)(C)C)N2C(=O)[C@H](C(C)OC(=O)Cc3ccccc3)[C@@H]2S(=O)(=O)C1. The van der Waals surface area contributed by atoms with Gasteiger partial charge in [0.05, 0.1) is 17.9 Å². The van der Waals surface area contributed by atoms with Gasteiger partial charge in [-0.15, -0.1) is 0 Å². The Labute approximate surface area is 199 Å². The number of hydrogen-bond acceptors (Lipinski definition) is 8. The molecule has 0 spiro atoms. The number of ketones is 1. The molecule has 1 saturated heterocycles. The van der Waals surface area contributed by atoms with E-state index in [0.29, 0.717) is 0 Å². The number of sulfone groups is 1. The smallest absolute Gasteiger partial charge is 0.310 e. The third-order valence-corrected chi connectivity index (χ3v) is 7.75. The molecule has 3 atom stereocenters. The van der Waals surface area contributed by atoms with E-state index >= 15 is 0 Å². The van der Waals surface area contributed by atoms with E-state index in [1.165, 1.54) is 13.8 Å². The van der Waals surface area contributed by atoms with Crippen LogP contribution in [0.3, 0.4) is 0 Å². The van der Waals surface area contributed by atoms with Gasteiger partial charge in [-0.1, -0.05) is 51.1 Å². The summed E-state index contributed by atoms with van der Waals surface area (Å²) in [5.41, 5.74) is -0.186. The number of ether oxygens (including phenoxy) is 2. The number of rotatable bonds is 7. The van der Waals surface area contributed by atoms with Gasteiger partial charge in [-0.05, 0) is 12.5 Å². The van der Waals surface area contributed by atoms with Crippen molar-refractivity contribution in [2.45, 2.75) is 52.5 Å². The van der Waals surface area contributed by atoms with Crippen LogP contribution in [0.15, 0.2) is 41.6 Å². The number of amides is 1. The highest BCUT2D eigenvalue weighted by molar-refractivity contribution is 7.92. The molecule has 0 radical (unpaired) electrons. The monoisotopic (exact) mass is 491 g/mol. The molecule has 2 aliphatic heterocycles. The second-order valence-electron chi connectivity index (χ2n) is 9.60. The Morgan fingerprint density at radius 3 is 2.32 bits per heavy atom. The lowest BCUT2D eigenvalue weighted by molar-refractivity contribution is -0.166. The standard InChI is InChI=1S/C24H29NO8S/c1-14(33-18(27)11-16-9-7-6-8-10-16)19-22(29)25-20(21(28)24(3,4)5)17(12-32-15(2)26)13-34(30,31)23(19)25/h6-10,14,19,23H,11-13H2,1-5H3/t14?,19-,23-/m0/s1. The van der Waals surface area contributed by atoms with Crippen LogP contribution in [0.25, 0.3) is 0 Å². The molecule has 0 aliphatic carbocycles. The number of allylic oxidation sites excluding steroid dienone is 1. The molecule has 2 aliphatic rings. The molecule has 9 nitrogen and oxygen atoms in total. The molecular formula is C24H29NO8S. The van der Waals surface area contributed by atoms with E-state index in [1.807, 2.05) is 6.07 Å². The van der Waals surface area contributed by atoms with E-state index in [4.69, 9.17) is 9.47 Å². The predicted octanol–water partition coefficient (Wildman–Crippen LogP) is 1.81. The Bertz CT molecular complexity index is 1150. The van der Waals surface area contributed by atoms with Crippen molar-refractivity contribution >= 4 is 33.5 Å². The summed E-state index contributed by atoms with van der Waals surface area (Å²) < 4.78 is 36.7. The molecule has 1 aromatic rings. The van der Waals surface area contributed by atoms with Crippen LogP contribution in [0.1, 0.15) is 40.2 Å². The van der Waals surface area contributed by atoms with Crippen molar-refractivity contribution in [2.75, 3.05) is 12.4 Å². The van der Waals surface area contributed by atoms with Crippen LogP contribution in [0.4, 0.5) is 0 Å². The summed E-state index contributed by atoms with van der Waals surface area (Å²) >= 11 is 0. The summed E-state index contributed by atoms with van der Waals surface area (Å²) in [6.07, 6.45) is -1.03. The van der Waals surface area contributed by atoms with Gasteiger partial charge in [-0.25, -0.2) is 8.42 Å². The zero-order chi connectivity index (χ0) is 25.4. The molecule has 10 heteroatoms. The van der Waals surface area contributed by atoms with E-state index in [2.05, 4.69) is 0 Å². The highest BCUT2D eigenvalue weighted by atomic mass is 32.2. The molecule has 1 unspecified atom stereocenters. The Kier molecular flexibility index (Phi) is 7.02. The number of Topliss-reactive ketones (excluding diaryl/α,β-unsaturated/α-hetero) is 1. The number of β-lactam (4-membered cyclic amide) rings is 1. The third kappa shape index (κ3) is 5.06. The van der Waals surface area contributed by atoms with E-state index in [1.54, 1.807) is 45.0 Å². The van der Waals surface area contributed by atoms with Crippen molar-refractivity contribution in [3.63, 3.8) is 0 Å². The minimum atomic E-state index is -3.94. The average Bonchev–Trinajstić information content (AvgIpc) is 2.71. The second kappa shape index (κ2) is 9.32. The van der Waals surface area contributed by atoms with Gasteiger partial charge in [-0.3, -0.25) is 24.1 Å². The first-order valence-electron chi connectivity index (χ1n) is 10.9. The maximum Gasteiger partial charge on any atom is 0.310 e. The summed E-state index contributed by atoms with van der Waals surface area (Å²) in [6, 6.07) is 8.89. The van der Waals surface area contributed by atoms with Crippen molar-refractivity contribution < 1.29 is 37.1 Å². The number of carbonyl (C=O) groups excluding carboxylic acids is 4. The maximum atomic E-state index is 13.2. The minimum Gasteiger partial charge on any atom is -0.461 e. The molecule has 0 N–H and O–H groups in total. The van der Waals surface area contributed by atoms with E-state index in [-0.39, 0.29) is 17.7 Å². The molecule has 0 saturated carbocycles. The first kappa shape index (κ1) is 25.6. The van der Waals surface area contributed by atoms with Crippen LogP contribution in [-0.2, 0) is 44.9 Å². The fourth-order valence-electron chi connectivity index (χ4n) is 4.12. The summed E-state index contributed by atoms with van der Waals surface area (Å²) in [6.45, 7) is 7.19. The highest BCUT2D eigenvalue weighted by Crippen LogP contribution is 2.44. The van der Waals surface area contributed by atoms with Crippen LogP contribution in [-0.4, -0.2) is 60.8 Å². The molecule has 1 aromatic carbocycles. The molecule has 0 bridgehead atoms. The maximum absolute atomic E-state index is 13.2. The van der Waals surface area contributed by atoms with Crippen molar-refractivity contribution in [3.05, 3.63) is 47.2 Å². The lowest BCUT2D eigenvalue weighted by atomic mass is 9.83. The molecule has 1 fully saturated rings. The Morgan fingerprint density at radius 2 is 1.76 bits per heavy atom. The largest absolute Gasteiger partial charge is 0.461 e. The van der Waals surface area contributed by atoms with Gasteiger partial charge in [0.25, 0.3) is 0 Å². The Hall–Kier alpha value is -3.01. The summed E-state index contributed by atoms with van der Waals surface area (Å²) in [4.78, 5) is 51.0. The molecule has 0 aromatic heterocycles. The lowest BCUT2D eigenvalue weighted by Gasteiger charge is -2.51. The predicted molar refractivity (Wildman–Crippen MR) is 122 cm³/mol. The summed E-state index contributed by atoms with van der Waals surface area (Å²) in [5, 5.41) is -1.33. The normalized spacial score (nSPS) is 22.4.